The van der Waals surface area contributed by atoms with Crippen molar-refractivity contribution in [1.29, 1.82) is 0 Å². The van der Waals surface area contributed by atoms with Gasteiger partial charge in [-0.25, -0.2) is 0 Å². The SMILES string of the molecule is CCC(C)N(C)CCNC(=O)C(CC)(CC)CN. The largest absolute Gasteiger partial charge is 0.354 e. The summed E-state index contributed by atoms with van der Waals surface area (Å²) < 4.78 is 0. The van der Waals surface area contributed by atoms with E-state index in [0.717, 1.165) is 25.8 Å². The van der Waals surface area contributed by atoms with E-state index in [1.807, 2.05) is 13.8 Å². The Labute approximate surface area is 112 Å². The van der Waals surface area contributed by atoms with Crippen molar-refractivity contribution >= 4 is 5.91 Å². The molecule has 1 amide bonds. The highest BCUT2D eigenvalue weighted by Gasteiger charge is 2.32. The monoisotopic (exact) mass is 257 g/mol. The van der Waals surface area contributed by atoms with Crippen LogP contribution in [0.25, 0.3) is 0 Å². The summed E-state index contributed by atoms with van der Waals surface area (Å²) in [7, 11) is 2.09. The minimum Gasteiger partial charge on any atom is -0.354 e. The van der Waals surface area contributed by atoms with E-state index in [2.05, 4.69) is 31.1 Å². The highest BCUT2D eigenvalue weighted by atomic mass is 16.2. The summed E-state index contributed by atoms with van der Waals surface area (Å²) in [6, 6.07) is 0.554. The fourth-order valence-electron chi connectivity index (χ4n) is 2.02. The quantitative estimate of drug-likeness (QED) is 0.659. The average Bonchev–Trinajstić information content (AvgIpc) is 2.40. The number of likely N-dealkylation sites (N-methyl/N-ethyl adjacent to an activating group) is 1. The number of nitrogens with two attached hydrogens (primary N) is 1. The predicted octanol–water partition coefficient (Wildman–Crippen LogP) is 1.60. The summed E-state index contributed by atoms with van der Waals surface area (Å²) in [6.07, 6.45) is 2.72. The molecule has 0 aromatic heterocycles. The molecule has 0 spiro atoms. The zero-order chi connectivity index (χ0) is 14.2. The number of hydrogen-bond acceptors (Lipinski definition) is 3. The van der Waals surface area contributed by atoms with Gasteiger partial charge in [-0.1, -0.05) is 20.8 Å². The van der Waals surface area contributed by atoms with Crippen molar-refractivity contribution in [2.24, 2.45) is 11.1 Å². The summed E-state index contributed by atoms with van der Waals surface area (Å²) in [5.41, 5.74) is 5.38. The molecule has 0 rings (SSSR count). The first-order valence-electron chi connectivity index (χ1n) is 7.16. The molecule has 4 nitrogen and oxygen atoms in total. The Bertz CT molecular complexity index is 231. The zero-order valence-electron chi connectivity index (χ0n) is 12.8. The number of carbonyl (C=O) groups is 1. The fourth-order valence-corrected chi connectivity index (χ4v) is 2.02. The van der Waals surface area contributed by atoms with Crippen molar-refractivity contribution in [2.75, 3.05) is 26.7 Å². The van der Waals surface area contributed by atoms with Gasteiger partial charge in [0, 0.05) is 25.7 Å². The van der Waals surface area contributed by atoms with Crippen LogP contribution >= 0.6 is 0 Å². The number of nitrogens with zero attached hydrogens (tertiary/aromatic N) is 1. The van der Waals surface area contributed by atoms with Crippen LogP contribution in [0.1, 0.15) is 47.0 Å². The van der Waals surface area contributed by atoms with Gasteiger partial charge in [-0.15, -0.1) is 0 Å². The van der Waals surface area contributed by atoms with E-state index in [1.165, 1.54) is 0 Å². The molecule has 1 atom stereocenters. The third-order valence-corrected chi connectivity index (χ3v) is 4.32. The van der Waals surface area contributed by atoms with Crippen LogP contribution in [0.4, 0.5) is 0 Å². The lowest BCUT2D eigenvalue weighted by atomic mass is 9.81. The maximum atomic E-state index is 12.2. The molecule has 0 radical (unpaired) electrons. The van der Waals surface area contributed by atoms with Gasteiger partial charge in [-0.2, -0.15) is 0 Å². The Kier molecular flexibility index (Phi) is 8.20. The first kappa shape index (κ1) is 17.4. The predicted molar refractivity (Wildman–Crippen MR) is 77.5 cm³/mol. The normalized spacial score (nSPS) is 13.7. The lowest BCUT2D eigenvalue weighted by Crippen LogP contribution is -2.47. The van der Waals surface area contributed by atoms with Crippen LogP contribution in [-0.2, 0) is 4.79 Å². The minimum absolute atomic E-state index is 0.104. The van der Waals surface area contributed by atoms with Gasteiger partial charge in [-0.3, -0.25) is 4.79 Å². The summed E-state index contributed by atoms with van der Waals surface area (Å²) in [6.45, 7) is 10.4. The van der Waals surface area contributed by atoms with Crippen LogP contribution < -0.4 is 11.1 Å². The molecule has 0 fully saturated rings. The Hall–Kier alpha value is -0.610. The molecule has 0 heterocycles. The van der Waals surface area contributed by atoms with Crippen molar-refractivity contribution < 1.29 is 4.79 Å². The Morgan fingerprint density at radius 3 is 2.28 bits per heavy atom. The van der Waals surface area contributed by atoms with Gasteiger partial charge in [0.1, 0.15) is 0 Å². The minimum atomic E-state index is -0.380. The van der Waals surface area contributed by atoms with Crippen LogP contribution in [-0.4, -0.2) is 43.5 Å². The Morgan fingerprint density at radius 2 is 1.89 bits per heavy atom. The van der Waals surface area contributed by atoms with Crippen molar-refractivity contribution in [1.82, 2.24) is 10.2 Å². The second-order valence-corrected chi connectivity index (χ2v) is 5.19. The second kappa shape index (κ2) is 8.48. The number of nitrogens with one attached hydrogen (secondary N) is 1. The molecule has 18 heavy (non-hydrogen) atoms. The maximum Gasteiger partial charge on any atom is 0.227 e. The topological polar surface area (TPSA) is 58.4 Å². The van der Waals surface area contributed by atoms with E-state index in [9.17, 15) is 4.79 Å². The van der Waals surface area contributed by atoms with Crippen molar-refractivity contribution in [3.05, 3.63) is 0 Å². The van der Waals surface area contributed by atoms with Gasteiger partial charge in [0.2, 0.25) is 5.91 Å². The number of amides is 1. The van der Waals surface area contributed by atoms with E-state index in [4.69, 9.17) is 5.73 Å². The number of rotatable bonds is 9. The van der Waals surface area contributed by atoms with Crippen molar-refractivity contribution in [3.63, 3.8) is 0 Å². The molecule has 1 unspecified atom stereocenters. The third kappa shape index (κ3) is 4.58. The van der Waals surface area contributed by atoms with Crippen molar-refractivity contribution in [2.45, 2.75) is 53.0 Å². The van der Waals surface area contributed by atoms with Gasteiger partial charge in [0.15, 0.2) is 0 Å². The van der Waals surface area contributed by atoms with E-state index < -0.39 is 0 Å². The van der Waals surface area contributed by atoms with Gasteiger partial charge >= 0.3 is 0 Å². The molecule has 0 aliphatic heterocycles. The van der Waals surface area contributed by atoms with Gasteiger partial charge in [0.25, 0.3) is 0 Å². The maximum absolute atomic E-state index is 12.2. The molecule has 0 aliphatic carbocycles. The Balaban J connectivity index is 4.17. The second-order valence-electron chi connectivity index (χ2n) is 5.19. The van der Waals surface area contributed by atoms with Gasteiger partial charge in [-0.05, 0) is 33.2 Å². The zero-order valence-corrected chi connectivity index (χ0v) is 12.8. The molecule has 0 saturated heterocycles. The molecule has 3 N–H and O–H groups in total. The molecule has 0 aromatic rings. The molecular formula is C14H31N3O. The van der Waals surface area contributed by atoms with Crippen LogP contribution in [0.15, 0.2) is 0 Å². The first-order valence-corrected chi connectivity index (χ1v) is 7.16. The summed E-state index contributed by atoms with van der Waals surface area (Å²) in [4.78, 5) is 14.4. The summed E-state index contributed by atoms with van der Waals surface area (Å²) >= 11 is 0. The molecule has 0 bridgehead atoms. The van der Waals surface area contributed by atoms with Crippen LogP contribution in [0.5, 0.6) is 0 Å². The third-order valence-electron chi connectivity index (χ3n) is 4.32. The Morgan fingerprint density at radius 1 is 1.33 bits per heavy atom. The smallest absolute Gasteiger partial charge is 0.227 e. The molecular weight excluding hydrogens is 226 g/mol. The number of carbonyl (C=O) groups excluding carboxylic acids is 1. The van der Waals surface area contributed by atoms with Crippen molar-refractivity contribution in [3.8, 4) is 0 Å². The average molecular weight is 257 g/mol. The molecule has 0 saturated carbocycles. The van der Waals surface area contributed by atoms with E-state index >= 15 is 0 Å². The lowest BCUT2D eigenvalue weighted by molar-refractivity contribution is -0.131. The van der Waals surface area contributed by atoms with E-state index in [-0.39, 0.29) is 11.3 Å². The molecule has 4 heteroatoms. The highest BCUT2D eigenvalue weighted by molar-refractivity contribution is 5.82. The molecule has 0 aliphatic rings. The van der Waals surface area contributed by atoms with Crippen LogP contribution in [0, 0.1) is 5.41 Å². The number of hydrogen-bond donors (Lipinski definition) is 2. The van der Waals surface area contributed by atoms with Crippen LogP contribution in [0.2, 0.25) is 0 Å². The van der Waals surface area contributed by atoms with E-state index in [0.29, 0.717) is 19.1 Å². The first-order chi connectivity index (χ1) is 8.47. The summed E-state index contributed by atoms with van der Waals surface area (Å²) in [5, 5.41) is 3.03. The molecule has 0 aromatic carbocycles. The highest BCUT2D eigenvalue weighted by Crippen LogP contribution is 2.24. The summed E-state index contributed by atoms with van der Waals surface area (Å²) in [5.74, 6) is 0.104. The van der Waals surface area contributed by atoms with Crippen LogP contribution in [0.3, 0.4) is 0 Å². The standard InChI is InChI=1S/C14H31N3O/c1-6-12(4)17(5)10-9-16-13(18)14(7-2,8-3)11-15/h12H,6-11,15H2,1-5H3,(H,16,18). The lowest BCUT2D eigenvalue weighted by Gasteiger charge is -2.29. The molecule has 108 valence electrons. The van der Waals surface area contributed by atoms with Gasteiger partial charge < -0.3 is 16.0 Å². The van der Waals surface area contributed by atoms with Gasteiger partial charge in [0.05, 0.1) is 5.41 Å². The van der Waals surface area contributed by atoms with E-state index in [1.54, 1.807) is 0 Å². The fraction of sp³-hybridized carbons (Fsp3) is 0.929.